The van der Waals surface area contributed by atoms with Crippen molar-refractivity contribution >= 4 is 0 Å². The summed E-state index contributed by atoms with van der Waals surface area (Å²) < 4.78 is 0. The second kappa shape index (κ2) is 15.4. The van der Waals surface area contributed by atoms with Gasteiger partial charge in [0.05, 0.1) is 6.10 Å². The van der Waals surface area contributed by atoms with Crippen LogP contribution in [0, 0.1) is 0 Å². The highest BCUT2D eigenvalue weighted by Crippen LogP contribution is 1.97. The van der Waals surface area contributed by atoms with Crippen molar-refractivity contribution in [2.45, 2.75) is 71.8 Å². The number of hydrogen-bond acceptors (Lipinski definition) is 2. The van der Waals surface area contributed by atoms with Gasteiger partial charge < -0.3 is 10.2 Å². The zero-order valence-electron chi connectivity index (χ0n) is 10.1. The van der Waals surface area contributed by atoms with Crippen molar-refractivity contribution < 1.29 is 10.2 Å². The maximum absolute atomic E-state index is 8.68. The fourth-order valence-electron chi connectivity index (χ4n) is 1.04. The first-order valence-corrected chi connectivity index (χ1v) is 5.97. The molecule has 0 bridgehead atoms. The van der Waals surface area contributed by atoms with E-state index in [1.54, 1.807) is 0 Å². The molecule has 1 unspecified atom stereocenters. The molecule has 2 heteroatoms. The number of aliphatic hydroxyl groups excluding tert-OH is 2. The summed E-state index contributed by atoms with van der Waals surface area (Å²) in [4.78, 5) is 0. The maximum atomic E-state index is 8.68. The van der Waals surface area contributed by atoms with E-state index in [1.807, 2.05) is 6.92 Å². The van der Waals surface area contributed by atoms with Gasteiger partial charge in [-0.15, -0.1) is 0 Å². The normalized spacial score (nSPS) is 11.8. The van der Waals surface area contributed by atoms with Crippen LogP contribution >= 0.6 is 0 Å². The van der Waals surface area contributed by atoms with Gasteiger partial charge in [0, 0.05) is 6.61 Å². The first kappa shape index (κ1) is 16.4. The molecule has 0 spiro atoms. The average Bonchev–Trinajstić information content (AvgIpc) is 2.16. The van der Waals surface area contributed by atoms with Crippen molar-refractivity contribution in [3.63, 3.8) is 0 Å². The molecular weight excluding hydrogens is 176 g/mol. The van der Waals surface area contributed by atoms with Crippen molar-refractivity contribution in [3.8, 4) is 0 Å². The average molecular weight is 204 g/mol. The molecule has 1 atom stereocenters. The van der Waals surface area contributed by atoms with Crippen LogP contribution in [0.3, 0.4) is 0 Å². The lowest BCUT2D eigenvalue weighted by Crippen LogP contribution is -1.97. The highest BCUT2D eigenvalue weighted by molar-refractivity contribution is 4.43. The van der Waals surface area contributed by atoms with E-state index >= 15 is 0 Å². The summed E-state index contributed by atoms with van der Waals surface area (Å²) >= 11 is 0. The Labute approximate surface area is 89.3 Å². The van der Waals surface area contributed by atoms with Crippen LogP contribution in [0.25, 0.3) is 0 Å². The first-order valence-electron chi connectivity index (χ1n) is 5.97. The third-order valence-corrected chi connectivity index (χ3v) is 1.99. The topological polar surface area (TPSA) is 40.5 Å². The molecule has 0 aliphatic carbocycles. The van der Waals surface area contributed by atoms with E-state index < -0.39 is 0 Å². The lowest BCUT2D eigenvalue weighted by molar-refractivity contribution is 0.181. The standard InChI is InChI=1S/2C6H14O/c1-3-4-5-6(2)7;1-2-3-4-5-6-7/h6-7H,3-5H2,1-2H3;7H,2-6H2,1H3. The van der Waals surface area contributed by atoms with E-state index in [-0.39, 0.29) is 6.10 Å². The number of unbranched alkanes of at least 4 members (excludes halogenated alkanes) is 4. The van der Waals surface area contributed by atoms with Crippen LogP contribution in [0.1, 0.15) is 65.7 Å². The molecule has 2 nitrogen and oxygen atoms in total. The molecule has 0 aliphatic rings. The van der Waals surface area contributed by atoms with Crippen LogP contribution in [0.4, 0.5) is 0 Å². The molecule has 0 saturated heterocycles. The highest BCUT2D eigenvalue weighted by atomic mass is 16.3. The third kappa shape index (κ3) is 22.7. The predicted octanol–water partition coefficient (Wildman–Crippen LogP) is 3.12. The van der Waals surface area contributed by atoms with Gasteiger partial charge in [-0.1, -0.05) is 46.0 Å². The van der Waals surface area contributed by atoms with Crippen LogP contribution in [-0.2, 0) is 0 Å². The third-order valence-electron chi connectivity index (χ3n) is 1.99. The van der Waals surface area contributed by atoms with Gasteiger partial charge in [-0.25, -0.2) is 0 Å². The van der Waals surface area contributed by atoms with Gasteiger partial charge in [0.15, 0.2) is 0 Å². The molecular formula is C12H28O2. The van der Waals surface area contributed by atoms with Crippen LogP contribution in [0.5, 0.6) is 0 Å². The molecule has 0 aliphatic heterocycles. The molecule has 0 fully saturated rings. The van der Waals surface area contributed by atoms with Gasteiger partial charge in [0.25, 0.3) is 0 Å². The Morgan fingerprint density at radius 1 is 0.929 bits per heavy atom. The Morgan fingerprint density at radius 3 is 1.79 bits per heavy atom. The minimum atomic E-state index is -0.0973. The van der Waals surface area contributed by atoms with Gasteiger partial charge in [0.2, 0.25) is 0 Å². The van der Waals surface area contributed by atoms with Crippen molar-refractivity contribution in [3.05, 3.63) is 0 Å². The fraction of sp³-hybridized carbons (Fsp3) is 1.00. The lowest BCUT2D eigenvalue weighted by Gasteiger charge is -1.98. The van der Waals surface area contributed by atoms with Crippen LogP contribution < -0.4 is 0 Å². The molecule has 14 heavy (non-hydrogen) atoms. The second-order valence-electron chi connectivity index (χ2n) is 3.78. The minimum Gasteiger partial charge on any atom is -0.396 e. The second-order valence-corrected chi connectivity index (χ2v) is 3.78. The van der Waals surface area contributed by atoms with Crippen LogP contribution in [0.2, 0.25) is 0 Å². The summed E-state index contributed by atoms with van der Waals surface area (Å²) in [5.74, 6) is 0. The quantitative estimate of drug-likeness (QED) is 0.626. The highest BCUT2D eigenvalue weighted by Gasteiger charge is 1.90. The Bertz CT molecular complexity index is 78.4. The molecule has 0 heterocycles. The number of aliphatic hydroxyl groups is 2. The summed E-state index contributed by atoms with van der Waals surface area (Å²) in [5, 5.41) is 17.0. The molecule has 0 amide bonds. The molecule has 0 saturated carbocycles. The van der Waals surface area contributed by atoms with Gasteiger partial charge in [-0.3, -0.25) is 0 Å². The summed E-state index contributed by atoms with van der Waals surface area (Å²) in [5.41, 5.74) is 0. The molecule has 0 aromatic rings. The molecule has 0 rings (SSSR count). The number of hydrogen-bond donors (Lipinski definition) is 2. The van der Waals surface area contributed by atoms with E-state index in [2.05, 4.69) is 13.8 Å². The number of rotatable bonds is 7. The zero-order valence-corrected chi connectivity index (χ0v) is 10.1. The lowest BCUT2D eigenvalue weighted by atomic mass is 10.2. The Kier molecular flexibility index (Phi) is 18.0. The van der Waals surface area contributed by atoms with Crippen LogP contribution in [0.15, 0.2) is 0 Å². The maximum Gasteiger partial charge on any atom is 0.0512 e. The predicted molar refractivity (Wildman–Crippen MR) is 62.4 cm³/mol. The summed E-state index contributed by atoms with van der Waals surface area (Å²) in [6, 6.07) is 0. The largest absolute Gasteiger partial charge is 0.396 e. The van der Waals surface area contributed by atoms with E-state index in [0.29, 0.717) is 6.61 Å². The van der Waals surface area contributed by atoms with E-state index in [9.17, 15) is 0 Å². The van der Waals surface area contributed by atoms with Crippen molar-refractivity contribution in [2.75, 3.05) is 6.61 Å². The molecule has 2 N–H and O–H groups in total. The van der Waals surface area contributed by atoms with Gasteiger partial charge in [-0.05, 0) is 19.8 Å². The van der Waals surface area contributed by atoms with Gasteiger partial charge >= 0.3 is 0 Å². The van der Waals surface area contributed by atoms with Crippen LogP contribution in [-0.4, -0.2) is 22.9 Å². The first-order chi connectivity index (χ1) is 6.68. The Hall–Kier alpha value is -0.0800. The SMILES string of the molecule is CCCCC(C)O.CCCCCCO. The summed E-state index contributed by atoms with van der Waals surface area (Å²) in [6.07, 6.45) is 7.88. The Morgan fingerprint density at radius 2 is 1.50 bits per heavy atom. The van der Waals surface area contributed by atoms with Gasteiger partial charge in [0.1, 0.15) is 0 Å². The van der Waals surface area contributed by atoms with E-state index in [4.69, 9.17) is 10.2 Å². The summed E-state index contributed by atoms with van der Waals surface area (Å²) in [7, 11) is 0. The van der Waals surface area contributed by atoms with Crippen molar-refractivity contribution in [2.24, 2.45) is 0 Å². The Balaban J connectivity index is 0. The smallest absolute Gasteiger partial charge is 0.0512 e. The minimum absolute atomic E-state index is 0.0973. The monoisotopic (exact) mass is 204 g/mol. The zero-order chi connectivity index (χ0) is 11.2. The molecule has 88 valence electrons. The van der Waals surface area contributed by atoms with Crippen molar-refractivity contribution in [1.82, 2.24) is 0 Å². The molecule has 0 aromatic heterocycles. The van der Waals surface area contributed by atoms with Gasteiger partial charge in [-0.2, -0.15) is 0 Å². The van der Waals surface area contributed by atoms with Crippen molar-refractivity contribution in [1.29, 1.82) is 0 Å². The van der Waals surface area contributed by atoms with E-state index in [0.717, 1.165) is 19.3 Å². The van der Waals surface area contributed by atoms with E-state index in [1.165, 1.54) is 25.7 Å². The summed E-state index contributed by atoms with van der Waals surface area (Å²) in [6.45, 7) is 6.48. The fourth-order valence-corrected chi connectivity index (χ4v) is 1.04. The molecule has 0 aromatic carbocycles. The molecule has 0 radical (unpaired) electrons.